The van der Waals surface area contributed by atoms with E-state index in [1.54, 1.807) is 19.4 Å². The maximum Gasteiger partial charge on any atom is 0.203 e. The second-order valence-electron chi connectivity index (χ2n) is 4.28. The Morgan fingerprint density at radius 2 is 2.05 bits per heavy atom. The van der Waals surface area contributed by atoms with Crippen LogP contribution < -0.4 is 10.2 Å². The van der Waals surface area contributed by atoms with Crippen molar-refractivity contribution in [2.75, 3.05) is 12.5 Å². The Labute approximate surface area is 134 Å². The summed E-state index contributed by atoms with van der Waals surface area (Å²) in [5.74, 6) is 0.810. The lowest BCUT2D eigenvalue weighted by Gasteiger charge is -2.00. The van der Waals surface area contributed by atoms with Crippen molar-refractivity contribution in [3.05, 3.63) is 51.8 Å². The Morgan fingerprint density at radius 1 is 1.23 bits per heavy atom. The second kappa shape index (κ2) is 6.67. The molecule has 0 aliphatic heterocycles. The smallest absolute Gasteiger partial charge is 0.203 e. The van der Waals surface area contributed by atoms with E-state index in [2.05, 4.69) is 15.5 Å². The number of rotatable bonds is 5. The van der Waals surface area contributed by atoms with Crippen LogP contribution in [0.15, 0.2) is 46.9 Å². The second-order valence-corrected chi connectivity index (χ2v) is 6.20. The molecule has 7 heteroatoms. The zero-order chi connectivity index (χ0) is 15.4. The largest absolute Gasteiger partial charge is 0.497 e. The first-order chi connectivity index (χ1) is 10.7. The van der Waals surface area contributed by atoms with E-state index in [1.165, 1.54) is 17.4 Å². The minimum atomic E-state index is -0.225. The van der Waals surface area contributed by atoms with Gasteiger partial charge in [-0.25, -0.2) is 4.98 Å². The maximum atomic E-state index is 12.8. The van der Waals surface area contributed by atoms with Crippen LogP contribution in [0.5, 0.6) is 5.75 Å². The summed E-state index contributed by atoms with van der Waals surface area (Å²) in [5.41, 5.74) is 4.73. The molecular formula is C15H12FN3OS2. The number of nitrogens with one attached hydrogen (secondary N) is 1. The SMILES string of the molecule is COc1ccc(-c2csc(NN=Cc3ccc(F)s3)n2)cc1. The molecule has 0 saturated carbocycles. The highest BCUT2D eigenvalue weighted by Gasteiger charge is 2.04. The van der Waals surface area contributed by atoms with Crippen molar-refractivity contribution >= 4 is 34.0 Å². The Morgan fingerprint density at radius 3 is 2.73 bits per heavy atom. The number of nitrogens with zero attached hydrogens (tertiary/aromatic N) is 2. The van der Waals surface area contributed by atoms with Crippen molar-refractivity contribution in [3.8, 4) is 17.0 Å². The Balaban J connectivity index is 1.66. The van der Waals surface area contributed by atoms with Crippen molar-refractivity contribution in [1.82, 2.24) is 4.98 Å². The molecule has 0 aliphatic rings. The van der Waals surface area contributed by atoms with Crippen molar-refractivity contribution in [2.24, 2.45) is 5.10 Å². The van der Waals surface area contributed by atoms with Crippen LogP contribution in [0.4, 0.5) is 9.52 Å². The van der Waals surface area contributed by atoms with Gasteiger partial charge in [-0.05, 0) is 36.4 Å². The summed E-state index contributed by atoms with van der Waals surface area (Å²) in [6.45, 7) is 0. The van der Waals surface area contributed by atoms with Gasteiger partial charge in [0.15, 0.2) is 5.13 Å². The topological polar surface area (TPSA) is 46.5 Å². The molecule has 112 valence electrons. The molecule has 0 aliphatic carbocycles. The van der Waals surface area contributed by atoms with Gasteiger partial charge in [0.25, 0.3) is 0 Å². The number of anilines is 1. The summed E-state index contributed by atoms with van der Waals surface area (Å²) in [6, 6.07) is 10.8. The number of methoxy groups -OCH3 is 1. The maximum absolute atomic E-state index is 12.8. The lowest BCUT2D eigenvalue weighted by Crippen LogP contribution is -1.88. The highest BCUT2D eigenvalue weighted by molar-refractivity contribution is 7.14. The lowest BCUT2D eigenvalue weighted by atomic mass is 10.2. The van der Waals surface area contributed by atoms with Crippen molar-refractivity contribution in [3.63, 3.8) is 0 Å². The number of thiazole rings is 1. The number of thiophene rings is 1. The minimum absolute atomic E-state index is 0.225. The first kappa shape index (κ1) is 14.7. The molecule has 0 unspecified atom stereocenters. The van der Waals surface area contributed by atoms with E-state index in [0.29, 0.717) is 5.13 Å². The van der Waals surface area contributed by atoms with Gasteiger partial charge in [-0.15, -0.1) is 22.7 Å². The number of benzene rings is 1. The Bertz CT molecular complexity index is 780. The fourth-order valence-electron chi connectivity index (χ4n) is 1.77. The van der Waals surface area contributed by atoms with Gasteiger partial charge in [-0.3, -0.25) is 5.43 Å². The summed E-state index contributed by atoms with van der Waals surface area (Å²) in [6.07, 6.45) is 1.57. The highest BCUT2D eigenvalue weighted by atomic mass is 32.1. The lowest BCUT2D eigenvalue weighted by molar-refractivity contribution is 0.415. The summed E-state index contributed by atoms with van der Waals surface area (Å²) in [7, 11) is 1.64. The molecule has 2 heterocycles. The zero-order valence-electron chi connectivity index (χ0n) is 11.6. The van der Waals surface area contributed by atoms with Gasteiger partial charge in [0.05, 0.1) is 23.9 Å². The molecule has 2 aromatic heterocycles. The van der Waals surface area contributed by atoms with Crippen LogP contribution in [0.25, 0.3) is 11.3 Å². The van der Waals surface area contributed by atoms with Crippen LogP contribution >= 0.6 is 22.7 Å². The van der Waals surface area contributed by atoms with Crippen LogP contribution in [-0.4, -0.2) is 18.3 Å². The summed E-state index contributed by atoms with van der Waals surface area (Å²) < 4.78 is 18.0. The van der Waals surface area contributed by atoms with E-state index in [4.69, 9.17) is 4.74 Å². The molecule has 3 aromatic rings. The normalized spacial score (nSPS) is 11.0. The monoisotopic (exact) mass is 333 g/mol. The first-order valence-electron chi connectivity index (χ1n) is 6.39. The molecule has 0 saturated heterocycles. The van der Waals surface area contributed by atoms with E-state index >= 15 is 0 Å². The molecule has 3 rings (SSSR count). The Hall–Kier alpha value is -2.25. The van der Waals surface area contributed by atoms with E-state index < -0.39 is 0 Å². The standard InChI is InChI=1S/C15H12FN3OS2/c1-20-11-4-2-10(3-5-11)13-9-21-15(18-13)19-17-8-12-6-7-14(16)22-12/h2-9H,1H3,(H,18,19). The fourth-order valence-corrected chi connectivity index (χ4v) is 3.04. The van der Waals surface area contributed by atoms with E-state index in [-0.39, 0.29) is 5.13 Å². The molecular weight excluding hydrogens is 321 g/mol. The first-order valence-corrected chi connectivity index (χ1v) is 8.08. The van der Waals surface area contributed by atoms with Crippen molar-refractivity contribution in [2.45, 2.75) is 0 Å². The molecule has 1 aromatic carbocycles. The van der Waals surface area contributed by atoms with Gasteiger partial charge in [-0.2, -0.15) is 9.49 Å². The van der Waals surface area contributed by atoms with Crippen molar-refractivity contribution in [1.29, 1.82) is 0 Å². The quantitative estimate of drug-likeness (QED) is 0.554. The number of hydrogen-bond donors (Lipinski definition) is 1. The molecule has 1 N–H and O–H groups in total. The number of hydrogen-bond acceptors (Lipinski definition) is 6. The minimum Gasteiger partial charge on any atom is -0.497 e. The van der Waals surface area contributed by atoms with Crippen LogP contribution in [0.3, 0.4) is 0 Å². The van der Waals surface area contributed by atoms with Gasteiger partial charge in [-0.1, -0.05) is 0 Å². The van der Waals surface area contributed by atoms with E-state index in [0.717, 1.165) is 33.2 Å². The molecule has 0 bridgehead atoms. The average Bonchev–Trinajstić information content (AvgIpc) is 3.17. The third-order valence-corrected chi connectivity index (χ3v) is 4.39. The third-order valence-electron chi connectivity index (χ3n) is 2.84. The fraction of sp³-hybridized carbons (Fsp3) is 0.0667. The van der Waals surface area contributed by atoms with Crippen LogP contribution in [0.2, 0.25) is 0 Å². The van der Waals surface area contributed by atoms with Gasteiger partial charge in [0.2, 0.25) is 5.13 Å². The number of ether oxygens (including phenoxy) is 1. The highest BCUT2D eigenvalue weighted by Crippen LogP contribution is 2.26. The number of hydrazone groups is 1. The predicted molar refractivity (Wildman–Crippen MR) is 89.6 cm³/mol. The third kappa shape index (κ3) is 3.49. The molecule has 22 heavy (non-hydrogen) atoms. The van der Waals surface area contributed by atoms with Gasteiger partial charge in [0, 0.05) is 10.9 Å². The summed E-state index contributed by atoms with van der Waals surface area (Å²) in [4.78, 5) is 5.20. The van der Waals surface area contributed by atoms with Gasteiger partial charge in [0.1, 0.15) is 5.75 Å². The number of halogens is 1. The van der Waals surface area contributed by atoms with E-state index in [1.807, 2.05) is 29.6 Å². The van der Waals surface area contributed by atoms with Gasteiger partial charge >= 0.3 is 0 Å². The summed E-state index contributed by atoms with van der Waals surface area (Å²) in [5, 5.41) is 6.46. The summed E-state index contributed by atoms with van der Waals surface area (Å²) >= 11 is 2.50. The average molecular weight is 333 g/mol. The Kier molecular flexibility index (Phi) is 4.45. The van der Waals surface area contributed by atoms with Crippen molar-refractivity contribution < 1.29 is 9.13 Å². The molecule has 0 atom stereocenters. The van der Waals surface area contributed by atoms with Crippen LogP contribution in [-0.2, 0) is 0 Å². The molecule has 4 nitrogen and oxygen atoms in total. The number of aromatic nitrogens is 1. The molecule has 0 fully saturated rings. The predicted octanol–water partition coefficient (Wildman–Crippen LogP) is 4.47. The van der Waals surface area contributed by atoms with Gasteiger partial charge < -0.3 is 4.74 Å². The molecule has 0 spiro atoms. The zero-order valence-corrected chi connectivity index (χ0v) is 13.2. The molecule has 0 amide bonds. The van der Waals surface area contributed by atoms with Crippen LogP contribution in [0, 0.1) is 5.13 Å². The van der Waals surface area contributed by atoms with E-state index in [9.17, 15) is 4.39 Å². The van der Waals surface area contributed by atoms with Crippen LogP contribution in [0.1, 0.15) is 4.88 Å². The molecule has 0 radical (unpaired) electrons.